The molecule has 9 heteroatoms. The van der Waals surface area contributed by atoms with Crippen LogP contribution < -0.4 is 5.32 Å². The van der Waals surface area contributed by atoms with Gasteiger partial charge in [0.25, 0.3) is 0 Å². The van der Waals surface area contributed by atoms with Crippen molar-refractivity contribution in [3.8, 4) is 0 Å². The Morgan fingerprint density at radius 3 is 2.86 bits per heavy atom. The normalized spacial score (nSPS) is 19.3. The van der Waals surface area contributed by atoms with Gasteiger partial charge in [-0.2, -0.15) is 0 Å². The molecule has 0 bridgehead atoms. The van der Waals surface area contributed by atoms with E-state index in [1.54, 1.807) is 23.2 Å². The summed E-state index contributed by atoms with van der Waals surface area (Å²) in [6.45, 7) is 3.83. The Bertz CT molecular complexity index is 1010. The fourth-order valence-corrected chi connectivity index (χ4v) is 3.73. The molecule has 3 aromatic rings. The first-order valence-electron chi connectivity index (χ1n) is 9.55. The van der Waals surface area contributed by atoms with Crippen molar-refractivity contribution in [1.82, 2.24) is 24.4 Å². The molecule has 1 fully saturated rings. The Balaban J connectivity index is 1.59. The van der Waals surface area contributed by atoms with Crippen molar-refractivity contribution in [2.45, 2.75) is 25.9 Å². The molecule has 1 aliphatic heterocycles. The van der Waals surface area contributed by atoms with Crippen LogP contribution in [0.4, 0.5) is 15.1 Å². The number of piperidine rings is 1. The lowest BCUT2D eigenvalue weighted by Gasteiger charge is -2.36. The number of halogens is 1. The number of nitrogens with zero attached hydrogens (tertiary/aromatic N) is 5. The summed E-state index contributed by atoms with van der Waals surface area (Å²) in [5.41, 5.74) is 2.35. The summed E-state index contributed by atoms with van der Waals surface area (Å²) >= 11 is 0. The number of benzene rings is 1. The van der Waals surface area contributed by atoms with Crippen molar-refractivity contribution < 1.29 is 13.9 Å². The molecule has 152 valence electrons. The third-order valence-corrected chi connectivity index (χ3v) is 5.32. The van der Waals surface area contributed by atoms with Gasteiger partial charge in [-0.05, 0) is 30.0 Å². The minimum Gasteiger partial charge on any atom is -0.453 e. The van der Waals surface area contributed by atoms with Crippen molar-refractivity contribution in [3.05, 3.63) is 48.2 Å². The number of methoxy groups -OCH3 is 1. The predicted molar refractivity (Wildman–Crippen MR) is 106 cm³/mol. The number of rotatable bonds is 4. The summed E-state index contributed by atoms with van der Waals surface area (Å²) in [5, 5.41) is 3.53. The standard InChI is InChI=1S/C20H23FN6O2/c1-13-10-26(20(28)29-2)8-7-16(13)24-19-25-17-9-22-12-23-18(17)27(19)11-14-3-5-15(21)6-4-14/h3-6,9,12-13,16H,7-8,10-11H2,1-2H3,(H,24,25)/t13-,16+/m1/s1. The van der Waals surface area contributed by atoms with Gasteiger partial charge in [0.1, 0.15) is 17.7 Å². The van der Waals surface area contributed by atoms with Crippen LogP contribution in [0.1, 0.15) is 18.9 Å². The maximum Gasteiger partial charge on any atom is 0.409 e. The van der Waals surface area contributed by atoms with E-state index in [0.717, 1.165) is 12.0 Å². The quantitative estimate of drug-likeness (QED) is 0.727. The van der Waals surface area contributed by atoms with E-state index in [1.165, 1.54) is 25.6 Å². The van der Waals surface area contributed by atoms with E-state index in [9.17, 15) is 9.18 Å². The number of amides is 1. The first-order chi connectivity index (χ1) is 14.0. The number of carbonyl (C=O) groups is 1. The Morgan fingerprint density at radius 1 is 1.34 bits per heavy atom. The van der Waals surface area contributed by atoms with Gasteiger partial charge in [0, 0.05) is 19.1 Å². The Morgan fingerprint density at radius 2 is 2.14 bits per heavy atom. The zero-order valence-electron chi connectivity index (χ0n) is 16.4. The lowest BCUT2D eigenvalue weighted by molar-refractivity contribution is 0.101. The largest absolute Gasteiger partial charge is 0.453 e. The number of nitrogens with one attached hydrogen (secondary N) is 1. The molecular weight excluding hydrogens is 375 g/mol. The number of hydrogen-bond donors (Lipinski definition) is 1. The molecule has 1 saturated heterocycles. The molecule has 3 heterocycles. The fourth-order valence-electron chi connectivity index (χ4n) is 3.73. The van der Waals surface area contributed by atoms with Gasteiger partial charge in [0.05, 0.1) is 19.9 Å². The summed E-state index contributed by atoms with van der Waals surface area (Å²) in [4.78, 5) is 26.6. The third-order valence-electron chi connectivity index (χ3n) is 5.32. The Labute approximate surface area is 167 Å². The second-order valence-corrected chi connectivity index (χ2v) is 7.31. The molecule has 1 aromatic carbocycles. The first kappa shape index (κ1) is 19.1. The van der Waals surface area contributed by atoms with Gasteiger partial charge >= 0.3 is 6.09 Å². The minimum atomic E-state index is -0.297. The third kappa shape index (κ3) is 3.98. The average Bonchev–Trinajstić information content (AvgIpc) is 3.07. The SMILES string of the molecule is COC(=O)N1CC[C@H](Nc2nc3cncnc3n2Cc2ccc(F)cc2)[C@H](C)C1. The second kappa shape index (κ2) is 8.02. The summed E-state index contributed by atoms with van der Waals surface area (Å²) in [5.74, 6) is 0.636. The van der Waals surface area contributed by atoms with Crippen LogP contribution in [0.5, 0.6) is 0 Å². The molecule has 29 heavy (non-hydrogen) atoms. The maximum absolute atomic E-state index is 13.3. The second-order valence-electron chi connectivity index (χ2n) is 7.31. The van der Waals surface area contributed by atoms with Crippen molar-refractivity contribution in [2.75, 3.05) is 25.5 Å². The van der Waals surface area contributed by atoms with Crippen LogP contribution >= 0.6 is 0 Å². The van der Waals surface area contributed by atoms with Crippen molar-refractivity contribution >= 4 is 23.2 Å². The van der Waals surface area contributed by atoms with Gasteiger partial charge in [0.15, 0.2) is 5.65 Å². The molecule has 1 amide bonds. The number of likely N-dealkylation sites (tertiary alicyclic amines) is 1. The molecule has 0 radical (unpaired) electrons. The Kier molecular flexibility index (Phi) is 5.28. The van der Waals surface area contributed by atoms with Gasteiger partial charge < -0.3 is 15.0 Å². The molecule has 2 aromatic heterocycles. The number of ether oxygens (including phenoxy) is 1. The van der Waals surface area contributed by atoms with E-state index in [0.29, 0.717) is 36.7 Å². The molecule has 2 atom stereocenters. The van der Waals surface area contributed by atoms with Crippen LogP contribution in [0.15, 0.2) is 36.8 Å². The molecule has 8 nitrogen and oxygen atoms in total. The fraction of sp³-hybridized carbons (Fsp3) is 0.400. The Hall–Kier alpha value is -3.23. The van der Waals surface area contributed by atoms with Crippen molar-refractivity contribution in [3.63, 3.8) is 0 Å². The lowest BCUT2D eigenvalue weighted by Crippen LogP contribution is -2.47. The van der Waals surface area contributed by atoms with E-state index < -0.39 is 0 Å². The predicted octanol–water partition coefficient (Wildman–Crippen LogP) is 2.90. The highest BCUT2D eigenvalue weighted by Crippen LogP contribution is 2.24. The highest BCUT2D eigenvalue weighted by atomic mass is 19.1. The van der Waals surface area contributed by atoms with Crippen LogP contribution in [-0.2, 0) is 11.3 Å². The zero-order chi connectivity index (χ0) is 20.4. The van der Waals surface area contributed by atoms with Gasteiger partial charge in [-0.15, -0.1) is 0 Å². The van der Waals surface area contributed by atoms with Crippen LogP contribution in [0, 0.1) is 11.7 Å². The van der Waals surface area contributed by atoms with Crippen molar-refractivity contribution in [2.24, 2.45) is 5.92 Å². The van der Waals surface area contributed by atoms with Gasteiger partial charge in [-0.3, -0.25) is 4.57 Å². The van der Waals surface area contributed by atoms with E-state index in [1.807, 2.05) is 4.57 Å². The lowest BCUT2D eigenvalue weighted by atomic mass is 9.94. The van der Waals surface area contributed by atoms with Crippen LogP contribution in [0.2, 0.25) is 0 Å². The summed E-state index contributed by atoms with van der Waals surface area (Å²) < 4.78 is 20.1. The zero-order valence-corrected chi connectivity index (χ0v) is 16.4. The topological polar surface area (TPSA) is 85.2 Å². The smallest absolute Gasteiger partial charge is 0.409 e. The van der Waals surface area contributed by atoms with E-state index >= 15 is 0 Å². The maximum atomic E-state index is 13.3. The summed E-state index contributed by atoms with van der Waals surface area (Å²) in [7, 11) is 1.40. The molecule has 0 unspecified atom stereocenters. The molecule has 0 spiro atoms. The minimum absolute atomic E-state index is 0.146. The number of aromatic nitrogens is 4. The summed E-state index contributed by atoms with van der Waals surface area (Å²) in [6, 6.07) is 6.54. The van der Waals surface area contributed by atoms with Gasteiger partial charge in [-0.1, -0.05) is 19.1 Å². The molecule has 1 N–H and O–H groups in total. The highest BCUT2D eigenvalue weighted by molar-refractivity contribution is 5.73. The number of fused-ring (bicyclic) bond motifs is 1. The van der Waals surface area contributed by atoms with Crippen molar-refractivity contribution in [1.29, 1.82) is 0 Å². The highest BCUT2D eigenvalue weighted by Gasteiger charge is 2.30. The van der Waals surface area contributed by atoms with Gasteiger partial charge in [0.2, 0.25) is 5.95 Å². The molecular formula is C20H23FN6O2. The number of carbonyl (C=O) groups excluding carboxylic acids is 1. The molecule has 0 aliphatic carbocycles. The van der Waals surface area contributed by atoms with Crippen LogP contribution in [0.3, 0.4) is 0 Å². The van der Waals surface area contributed by atoms with E-state index in [2.05, 4.69) is 27.2 Å². The number of anilines is 1. The molecule has 0 saturated carbocycles. The number of hydrogen-bond acceptors (Lipinski definition) is 6. The van der Waals surface area contributed by atoms with E-state index in [-0.39, 0.29) is 23.9 Å². The van der Waals surface area contributed by atoms with E-state index in [4.69, 9.17) is 4.74 Å². The molecule has 1 aliphatic rings. The van der Waals surface area contributed by atoms with Crippen LogP contribution in [-0.4, -0.2) is 56.8 Å². The van der Waals surface area contributed by atoms with Gasteiger partial charge in [-0.25, -0.2) is 24.1 Å². The summed E-state index contributed by atoms with van der Waals surface area (Å²) in [6.07, 6.45) is 3.65. The molecule has 4 rings (SSSR count). The van der Waals surface area contributed by atoms with Crippen LogP contribution in [0.25, 0.3) is 11.2 Å². The average molecular weight is 398 g/mol. The first-order valence-corrected chi connectivity index (χ1v) is 9.55. The monoisotopic (exact) mass is 398 g/mol. The number of imidazole rings is 1.